The fourth-order valence-corrected chi connectivity index (χ4v) is 0.793. The van der Waals surface area contributed by atoms with E-state index in [1.54, 1.807) is 7.11 Å². The summed E-state index contributed by atoms with van der Waals surface area (Å²) in [5.74, 6) is 0. The van der Waals surface area contributed by atoms with Crippen LogP contribution in [-0.4, -0.2) is 26.3 Å². The summed E-state index contributed by atoms with van der Waals surface area (Å²) < 4.78 is 5.26. The molecule has 0 aromatic rings. The first-order valence-electron chi connectivity index (χ1n) is 3.82. The number of hydrogen-bond donors (Lipinski definition) is 1. The predicted molar refractivity (Wildman–Crippen MR) is 44.2 cm³/mol. The molecule has 0 aromatic carbocycles. The lowest BCUT2D eigenvalue weighted by molar-refractivity contribution is 0.0141. The lowest BCUT2D eigenvalue weighted by Gasteiger charge is -2.22. The minimum absolute atomic E-state index is 0.0524. The van der Waals surface area contributed by atoms with Gasteiger partial charge in [-0.15, -0.1) is 0 Å². The van der Waals surface area contributed by atoms with Crippen molar-refractivity contribution in [3.63, 3.8) is 0 Å². The van der Waals surface area contributed by atoms with Crippen molar-refractivity contribution >= 4 is 0 Å². The summed E-state index contributed by atoms with van der Waals surface area (Å²) >= 11 is 0. The van der Waals surface area contributed by atoms with Crippen LogP contribution < -0.4 is 5.32 Å². The largest absolute Gasteiger partial charge is 0.379 e. The molecule has 0 saturated heterocycles. The molecule has 10 heavy (non-hydrogen) atoms. The molecule has 2 nitrogen and oxygen atoms in total. The lowest BCUT2D eigenvalue weighted by Crippen LogP contribution is -2.23. The first-order chi connectivity index (χ1) is 4.62. The predicted octanol–water partition coefficient (Wildman–Crippen LogP) is 1.41. The summed E-state index contributed by atoms with van der Waals surface area (Å²) in [7, 11) is 3.74. The summed E-state index contributed by atoms with van der Waals surface area (Å²) in [6, 6.07) is 0. The van der Waals surface area contributed by atoms with E-state index in [2.05, 4.69) is 19.2 Å². The Labute approximate surface area is 64.0 Å². The second-order valence-corrected chi connectivity index (χ2v) is 3.17. The van der Waals surface area contributed by atoms with Crippen LogP contribution in [0.15, 0.2) is 0 Å². The summed E-state index contributed by atoms with van der Waals surface area (Å²) in [5, 5.41) is 3.11. The standard InChI is InChI=1S/C8H19NO/c1-8(2,10-4)6-5-7-9-3/h9H,5-7H2,1-4H3. The highest BCUT2D eigenvalue weighted by Gasteiger charge is 2.14. The molecule has 0 rings (SSSR count). The molecule has 0 radical (unpaired) electrons. The molecule has 0 amide bonds. The second-order valence-electron chi connectivity index (χ2n) is 3.17. The molecule has 0 bridgehead atoms. The van der Waals surface area contributed by atoms with E-state index < -0.39 is 0 Å². The van der Waals surface area contributed by atoms with Gasteiger partial charge in [-0.1, -0.05) is 0 Å². The monoisotopic (exact) mass is 145 g/mol. The molecule has 0 aliphatic heterocycles. The third kappa shape index (κ3) is 4.77. The highest BCUT2D eigenvalue weighted by Crippen LogP contribution is 2.14. The number of hydrogen-bond acceptors (Lipinski definition) is 2. The van der Waals surface area contributed by atoms with Crippen LogP contribution in [0, 0.1) is 0 Å². The average molecular weight is 145 g/mol. The minimum atomic E-state index is 0.0524. The molecule has 0 aromatic heterocycles. The summed E-state index contributed by atoms with van der Waals surface area (Å²) in [6.45, 7) is 5.30. The zero-order valence-electron chi connectivity index (χ0n) is 7.53. The van der Waals surface area contributed by atoms with Gasteiger partial charge >= 0.3 is 0 Å². The van der Waals surface area contributed by atoms with Crippen molar-refractivity contribution in [2.45, 2.75) is 32.3 Å². The van der Waals surface area contributed by atoms with E-state index in [4.69, 9.17) is 4.74 Å². The van der Waals surface area contributed by atoms with Crippen LogP contribution in [0.1, 0.15) is 26.7 Å². The summed E-state index contributed by atoms with van der Waals surface area (Å²) in [6.07, 6.45) is 2.29. The Morgan fingerprint density at radius 2 is 2.00 bits per heavy atom. The fraction of sp³-hybridized carbons (Fsp3) is 1.00. The van der Waals surface area contributed by atoms with Crippen molar-refractivity contribution in [2.24, 2.45) is 0 Å². The van der Waals surface area contributed by atoms with E-state index in [1.807, 2.05) is 7.05 Å². The molecule has 1 N–H and O–H groups in total. The molecule has 2 heteroatoms. The molecule has 0 heterocycles. The van der Waals surface area contributed by atoms with Crippen molar-refractivity contribution in [1.29, 1.82) is 0 Å². The van der Waals surface area contributed by atoms with Gasteiger partial charge in [-0.25, -0.2) is 0 Å². The summed E-state index contributed by atoms with van der Waals surface area (Å²) in [5.41, 5.74) is 0.0524. The number of ether oxygens (including phenoxy) is 1. The first-order valence-corrected chi connectivity index (χ1v) is 3.82. The van der Waals surface area contributed by atoms with Gasteiger partial charge in [-0.3, -0.25) is 0 Å². The average Bonchev–Trinajstić information content (AvgIpc) is 1.89. The molecular weight excluding hydrogens is 126 g/mol. The molecule has 0 fully saturated rings. The fourth-order valence-electron chi connectivity index (χ4n) is 0.793. The molecule has 0 unspecified atom stereocenters. The third-order valence-electron chi connectivity index (χ3n) is 1.76. The van der Waals surface area contributed by atoms with Crippen molar-refractivity contribution in [2.75, 3.05) is 20.7 Å². The molecule has 0 spiro atoms. The smallest absolute Gasteiger partial charge is 0.0623 e. The number of rotatable bonds is 5. The zero-order valence-corrected chi connectivity index (χ0v) is 7.53. The number of nitrogens with one attached hydrogen (secondary N) is 1. The first kappa shape index (κ1) is 9.92. The zero-order chi connectivity index (χ0) is 8.04. The van der Waals surface area contributed by atoms with E-state index in [0.717, 1.165) is 13.0 Å². The Kier molecular flexibility index (Phi) is 4.65. The van der Waals surface area contributed by atoms with Crippen LogP contribution in [0.5, 0.6) is 0 Å². The van der Waals surface area contributed by atoms with Crippen LogP contribution in [0.25, 0.3) is 0 Å². The Hall–Kier alpha value is -0.0800. The Morgan fingerprint density at radius 1 is 1.40 bits per heavy atom. The van der Waals surface area contributed by atoms with E-state index in [1.165, 1.54) is 6.42 Å². The highest BCUT2D eigenvalue weighted by molar-refractivity contribution is 4.67. The van der Waals surface area contributed by atoms with Crippen molar-refractivity contribution in [3.05, 3.63) is 0 Å². The molecule has 0 aliphatic carbocycles. The molecular formula is C8H19NO. The van der Waals surface area contributed by atoms with E-state index in [-0.39, 0.29) is 5.60 Å². The van der Waals surface area contributed by atoms with E-state index >= 15 is 0 Å². The van der Waals surface area contributed by atoms with Crippen LogP contribution >= 0.6 is 0 Å². The van der Waals surface area contributed by atoms with Gasteiger partial charge in [-0.05, 0) is 40.3 Å². The quantitative estimate of drug-likeness (QED) is 0.591. The molecule has 0 atom stereocenters. The SMILES string of the molecule is CNCCCC(C)(C)OC. The van der Waals surface area contributed by atoms with E-state index in [9.17, 15) is 0 Å². The lowest BCUT2D eigenvalue weighted by atomic mass is 10.0. The van der Waals surface area contributed by atoms with Gasteiger partial charge in [0.25, 0.3) is 0 Å². The van der Waals surface area contributed by atoms with Gasteiger partial charge in [0.2, 0.25) is 0 Å². The second kappa shape index (κ2) is 4.69. The number of methoxy groups -OCH3 is 1. The topological polar surface area (TPSA) is 21.3 Å². The normalized spacial score (nSPS) is 12.0. The van der Waals surface area contributed by atoms with E-state index in [0.29, 0.717) is 0 Å². The van der Waals surface area contributed by atoms with Crippen molar-refractivity contribution in [1.82, 2.24) is 5.32 Å². The van der Waals surface area contributed by atoms with Gasteiger partial charge in [0.05, 0.1) is 5.60 Å². The summed E-state index contributed by atoms with van der Waals surface area (Å²) in [4.78, 5) is 0. The van der Waals surface area contributed by atoms with Gasteiger partial charge in [0.1, 0.15) is 0 Å². The van der Waals surface area contributed by atoms with Crippen LogP contribution in [-0.2, 0) is 4.74 Å². The van der Waals surface area contributed by atoms with Crippen LogP contribution in [0.2, 0.25) is 0 Å². The molecule has 0 saturated carbocycles. The third-order valence-corrected chi connectivity index (χ3v) is 1.76. The minimum Gasteiger partial charge on any atom is -0.379 e. The highest BCUT2D eigenvalue weighted by atomic mass is 16.5. The van der Waals surface area contributed by atoms with Crippen molar-refractivity contribution in [3.8, 4) is 0 Å². The van der Waals surface area contributed by atoms with Gasteiger partial charge < -0.3 is 10.1 Å². The maximum Gasteiger partial charge on any atom is 0.0623 e. The van der Waals surface area contributed by atoms with Crippen molar-refractivity contribution < 1.29 is 4.74 Å². The van der Waals surface area contributed by atoms with Gasteiger partial charge in [-0.2, -0.15) is 0 Å². The maximum atomic E-state index is 5.26. The Morgan fingerprint density at radius 3 is 2.40 bits per heavy atom. The van der Waals surface area contributed by atoms with Gasteiger partial charge in [0, 0.05) is 7.11 Å². The maximum absolute atomic E-state index is 5.26. The molecule has 62 valence electrons. The Bertz CT molecular complexity index is 81.3. The van der Waals surface area contributed by atoms with Gasteiger partial charge in [0.15, 0.2) is 0 Å². The molecule has 0 aliphatic rings. The van der Waals surface area contributed by atoms with Crippen LogP contribution in [0.4, 0.5) is 0 Å². The Balaban J connectivity index is 3.28. The van der Waals surface area contributed by atoms with Crippen LogP contribution in [0.3, 0.4) is 0 Å².